The van der Waals surface area contributed by atoms with Gasteiger partial charge in [0.25, 0.3) is 6.71 Å². The van der Waals surface area contributed by atoms with Gasteiger partial charge in [0.05, 0.1) is 11.4 Å². The predicted molar refractivity (Wildman–Crippen MR) is 267 cm³/mol. The van der Waals surface area contributed by atoms with Crippen molar-refractivity contribution in [2.24, 2.45) is 0 Å². The quantitative estimate of drug-likeness (QED) is 0.143. The fourth-order valence-electron chi connectivity index (χ4n) is 9.70. The Morgan fingerprint density at radius 2 is 0.844 bits per heavy atom. The minimum absolute atomic E-state index is 0.0533. The van der Waals surface area contributed by atoms with E-state index in [0.29, 0.717) is 0 Å². The second-order valence-corrected chi connectivity index (χ2v) is 16.2. The maximum absolute atomic E-state index is 4.84. The molecule has 0 N–H and O–H groups in total. The van der Waals surface area contributed by atoms with E-state index in [4.69, 9.17) is 9.97 Å². The first-order chi connectivity index (χ1) is 31.8. The molecule has 0 unspecified atom stereocenters. The molecule has 0 atom stereocenters. The number of aromatic nitrogens is 2. The zero-order valence-corrected chi connectivity index (χ0v) is 34.9. The number of hydrogen-bond donors (Lipinski definition) is 0. The molecule has 0 aliphatic carbocycles. The lowest BCUT2D eigenvalue weighted by Gasteiger charge is -2.44. The Morgan fingerprint density at radius 1 is 0.328 bits per heavy atom. The number of benzene rings is 8. The van der Waals surface area contributed by atoms with E-state index in [0.717, 1.165) is 79.3 Å². The van der Waals surface area contributed by atoms with Crippen LogP contribution in [0.15, 0.2) is 243 Å². The van der Waals surface area contributed by atoms with Crippen molar-refractivity contribution in [2.45, 2.75) is 0 Å². The van der Waals surface area contributed by atoms with Crippen LogP contribution in [0.25, 0.3) is 33.6 Å². The van der Waals surface area contributed by atoms with Crippen molar-refractivity contribution in [3.63, 3.8) is 0 Å². The van der Waals surface area contributed by atoms with Crippen LogP contribution in [0, 0.1) is 0 Å². The van der Waals surface area contributed by atoms with Crippen LogP contribution in [0.3, 0.4) is 0 Å². The summed E-state index contributed by atoms with van der Waals surface area (Å²) in [6, 6.07) is 82.7. The first-order valence-corrected chi connectivity index (χ1v) is 21.8. The number of pyridine rings is 2. The van der Waals surface area contributed by atoms with Crippen LogP contribution in [-0.4, -0.2) is 16.7 Å². The van der Waals surface area contributed by atoms with Crippen LogP contribution < -0.4 is 31.1 Å². The lowest BCUT2D eigenvalue weighted by atomic mass is 9.33. The molecule has 2 aliphatic heterocycles. The SMILES string of the molecule is c1ccc(-c2ccc3c(c2)N(c2cc(-c4ccccn4)cc(-c4ccccn4)c2)c2cccc4c2B3c2ccc(N(c3ccccc3)c3ccccc3)cc2N4c2ccccc2)cc1. The largest absolute Gasteiger partial charge is 0.311 e. The molecule has 0 fully saturated rings. The van der Waals surface area contributed by atoms with E-state index in [9.17, 15) is 0 Å². The fourth-order valence-corrected chi connectivity index (χ4v) is 9.70. The van der Waals surface area contributed by atoms with E-state index in [1.807, 2.05) is 24.5 Å². The summed E-state index contributed by atoms with van der Waals surface area (Å²) in [6.07, 6.45) is 3.73. The first kappa shape index (κ1) is 37.3. The number of hydrogen-bond acceptors (Lipinski definition) is 5. The molecule has 6 heteroatoms. The highest BCUT2D eigenvalue weighted by Gasteiger charge is 2.43. The van der Waals surface area contributed by atoms with Crippen LogP contribution in [0.4, 0.5) is 51.2 Å². The van der Waals surface area contributed by atoms with Gasteiger partial charge in [0.2, 0.25) is 0 Å². The van der Waals surface area contributed by atoms with Gasteiger partial charge in [-0.1, -0.05) is 121 Å². The topological polar surface area (TPSA) is 35.5 Å². The van der Waals surface area contributed by atoms with Gasteiger partial charge in [-0.3, -0.25) is 9.97 Å². The molecule has 8 aromatic carbocycles. The Hall–Kier alpha value is -8.48. The highest BCUT2D eigenvalue weighted by atomic mass is 15.2. The van der Waals surface area contributed by atoms with Gasteiger partial charge in [0, 0.05) is 74.7 Å². The molecular formula is C58H40BN5. The standard InChI is InChI=1S/C58H40BN5/c1-5-18-41(19-6-1)42-30-32-50-56(39-42)64(49-37-43(52-26-13-15-34-60-52)36-44(38-49)53-27-14-16-35-61-53)55-29-17-28-54-58(55)59(50)51-33-31-48(40-57(51)63(54)47-24-11-4-12-25-47)62(45-20-7-2-8-21-45)46-22-9-3-10-23-46/h1-40H. The number of rotatable bonds is 8. The molecule has 10 aromatic rings. The number of para-hydroxylation sites is 3. The van der Waals surface area contributed by atoms with Gasteiger partial charge in [0.15, 0.2) is 0 Å². The molecule has 64 heavy (non-hydrogen) atoms. The Bertz CT molecular complexity index is 3180. The molecule has 4 heterocycles. The van der Waals surface area contributed by atoms with Gasteiger partial charge in [-0.25, -0.2) is 0 Å². The average Bonchev–Trinajstić information content (AvgIpc) is 3.37. The zero-order valence-electron chi connectivity index (χ0n) is 34.9. The second kappa shape index (κ2) is 15.8. The number of nitrogens with zero attached hydrogens (tertiary/aromatic N) is 5. The Kier molecular flexibility index (Phi) is 9.19. The highest BCUT2D eigenvalue weighted by molar-refractivity contribution is 7.00. The van der Waals surface area contributed by atoms with Crippen LogP contribution in [0.1, 0.15) is 0 Å². The summed E-state index contributed by atoms with van der Waals surface area (Å²) in [5.41, 5.74) is 19.9. The molecule has 0 saturated heterocycles. The summed E-state index contributed by atoms with van der Waals surface area (Å²) in [6.45, 7) is -0.0533. The van der Waals surface area contributed by atoms with Crippen LogP contribution in [0.2, 0.25) is 0 Å². The molecule has 0 bridgehead atoms. The average molecular weight is 818 g/mol. The summed E-state index contributed by atoms with van der Waals surface area (Å²) in [5.74, 6) is 0. The molecule has 2 aliphatic rings. The van der Waals surface area contributed by atoms with Crippen LogP contribution >= 0.6 is 0 Å². The maximum Gasteiger partial charge on any atom is 0.252 e. The Balaban J connectivity index is 1.13. The van der Waals surface area contributed by atoms with Crippen molar-refractivity contribution in [1.82, 2.24) is 9.97 Å². The third-order valence-corrected chi connectivity index (χ3v) is 12.5. The van der Waals surface area contributed by atoms with E-state index in [2.05, 4.69) is 233 Å². The monoisotopic (exact) mass is 817 g/mol. The van der Waals surface area contributed by atoms with Crippen molar-refractivity contribution in [3.05, 3.63) is 243 Å². The van der Waals surface area contributed by atoms with Gasteiger partial charge >= 0.3 is 0 Å². The summed E-state index contributed by atoms with van der Waals surface area (Å²) in [7, 11) is 0. The molecular weight excluding hydrogens is 777 g/mol. The fraction of sp³-hybridized carbons (Fsp3) is 0. The van der Waals surface area contributed by atoms with Gasteiger partial charge in [-0.2, -0.15) is 0 Å². The van der Waals surface area contributed by atoms with Crippen molar-refractivity contribution < 1.29 is 0 Å². The van der Waals surface area contributed by atoms with Crippen LogP contribution in [-0.2, 0) is 0 Å². The second-order valence-electron chi connectivity index (χ2n) is 16.2. The predicted octanol–water partition coefficient (Wildman–Crippen LogP) is 13.0. The van der Waals surface area contributed by atoms with Crippen molar-refractivity contribution in [3.8, 4) is 33.6 Å². The minimum Gasteiger partial charge on any atom is -0.311 e. The van der Waals surface area contributed by atoms with Gasteiger partial charge in [-0.05, 0) is 137 Å². The molecule has 12 rings (SSSR count). The van der Waals surface area contributed by atoms with Crippen molar-refractivity contribution in [1.29, 1.82) is 0 Å². The molecule has 0 radical (unpaired) electrons. The van der Waals surface area contributed by atoms with Gasteiger partial charge < -0.3 is 14.7 Å². The molecule has 300 valence electrons. The minimum atomic E-state index is -0.0533. The lowest BCUT2D eigenvalue weighted by molar-refractivity contribution is 1.24. The normalized spacial score (nSPS) is 12.3. The smallest absolute Gasteiger partial charge is 0.252 e. The zero-order chi connectivity index (χ0) is 42.4. The van der Waals surface area contributed by atoms with Gasteiger partial charge in [-0.15, -0.1) is 0 Å². The summed E-state index contributed by atoms with van der Waals surface area (Å²) < 4.78 is 0. The third kappa shape index (κ3) is 6.43. The van der Waals surface area contributed by atoms with Crippen molar-refractivity contribution in [2.75, 3.05) is 14.7 Å². The molecule has 0 amide bonds. The first-order valence-electron chi connectivity index (χ1n) is 21.8. The Labute approximate surface area is 373 Å². The van der Waals surface area contributed by atoms with E-state index >= 15 is 0 Å². The highest BCUT2D eigenvalue weighted by Crippen LogP contribution is 2.47. The molecule has 0 saturated carbocycles. The van der Waals surface area contributed by atoms with E-state index in [-0.39, 0.29) is 6.71 Å². The van der Waals surface area contributed by atoms with E-state index in [1.54, 1.807) is 0 Å². The molecule has 5 nitrogen and oxygen atoms in total. The van der Waals surface area contributed by atoms with E-state index < -0.39 is 0 Å². The summed E-state index contributed by atoms with van der Waals surface area (Å²) in [4.78, 5) is 17.0. The van der Waals surface area contributed by atoms with Crippen molar-refractivity contribution >= 4 is 74.3 Å². The molecule has 0 spiro atoms. The summed E-state index contributed by atoms with van der Waals surface area (Å²) in [5, 5.41) is 0. The maximum atomic E-state index is 4.84. The van der Waals surface area contributed by atoms with Gasteiger partial charge in [0.1, 0.15) is 0 Å². The lowest BCUT2D eigenvalue weighted by Crippen LogP contribution is -2.61. The number of fused-ring (bicyclic) bond motifs is 4. The number of anilines is 9. The van der Waals surface area contributed by atoms with Crippen LogP contribution in [0.5, 0.6) is 0 Å². The summed E-state index contributed by atoms with van der Waals surface area (Å²) >= 11 is 0. The third-order valence-electron chi connectivity index (χ3n) is 12.5. The Morgan fingerprint density at radius 3 is 1.42 bits per heavy atom. The van der Waals surface area contributed by atoms with E-state index in [1.165, 1.54) is 22.0 Å². The molecule has 2 aromatic heterocycles.